The Bertz CT molecular complexity index is 178. The third kappa shape index (κ3) is 2.10. The molecule has 0 amide bonds. The summed E-state index contributed by atoms with van der Waals surface area (Å²) in [6.07, 6.45) is 4.79. The molecule has 2 atom stereocenters. The van der Waals surface area contributed by atoms with Gasteiger partial charge in [-0.25, -0.2) is 0 Å². The Labute approximate surface area is 86.5 Å². The first-order valence-corrected chi connectivity index (χ1v) is 5.93. The molecule has 2 fully saturated rings. The first kappa shape index (κ1) is 10.4. The highest BCUT2D eigenvalue weighted by atomic mass is 16.3. The van der Waals surface area contributed by atoms with E-state index >= 15 is 0 Å². The van der Waals surface area contributed by atoms with E-state index in [0.717, 1.165) is 19.1 Å². The lowest BCUT2D eigenvalue weighted by atomic mass is 10.0. The predicted molar refractivity (Wildman–Crippen MR) is 57.3 cm³/mol. The van der Waals surface area contributed by atoms with Crippen LogP contribution in [0.4, 0.5) is 0 Å². The molecule has 2 rings (SSSR count). The summed E-state index contributed by atoms with van der Waals surface area (Å²) in [5.41, 5.74) is 0. The second-order valence-corrected chi connectivity index (χ2v) is 4.67. The molecule has 0 aromatic rings. The molecular weight excluding hydrogens is 176 g/mol. The number of aliphatic hydroxyl groups is 1. The number of hydrogen-bond acceptors (Lipinski definition) is 3. The molecule has 0 unspecified atom stereocenters. The van der Waals surface area contributed by atoms with E-state index in [0.29, 0.717) is 6.04 Å². The summed E-state index contributed by atoms with van der Waals surface area (Å²) in [7, 11) is 0. The van der Waals surface area contributed by atoms with Crippen LogP contribution in [-0.4, -0.2) is 47.8 Å². The molecule has 2 saturated heterocycles. The van der Waals surface area contributed by atoms with Crippen LogP contribution < -0.4 is 5.32 Å². The van der Waals surface area contributed by atoms with Gasteiger partial charge in [-0.1, -0.05) is 0 Å². The molecule has 0 spiro atoms. The highest BCUT2D eigenvalue weighted by molar-refractivity contribution is 4.89. The molecule has 82 valence electrons. The molecule has 3 nitrogen and oxygen atoms in total. The van der Waals surface area contributed by atoms with Crippen molar-refractivity contribution < 1.29 is 5.11 Å². The zero-order valence-corrected chi connectivity index (χ0v) is 9.08. The van der Waals surface area contributed by atoms with E-state index in [1.807, 2.05) is 6.92 Å². The molecule has 0 aromatic carbocycles. The fourth-order valence-electron chi connectivity index (χ4n) is 2.92. The molecule has 0 aliphatic carbocycles. The van der Waals surface area contributed by atoms with Crippen molar-refractivity contribution >= 4 is 0 Å². The summed E-state index contributed by atoms with van der Waals surface area (Å²) in [5, 5.41) is 13.1. The van der Waals surface area contributed by atoms with E-state index < -0.39 is 0 Å². The van der Waals surface area contributed by atoms with Gasteiger partial charge < -0.3 is 10.4 Å². The minimum atomic E-state index is -0.160. The summed E-state index contributed by atoms with van der Waals surface area (Å²) in [5.74, 6) is 0. The molecule has 0 bridgehead atoms. The van der Waals surface area contributed by atoms with Crippen LogP contribution in [0, 0.1) is 0 Å². The lowest BCUT2D eigenvalue weighted by molar-refractivity contribution is 0.0517. The number of piperidine rings is 1. The summed E-state index contributed by atoms with van der Waals surface area (Å²) in [6.45, 7) is 5.42. The van der Waals surface area contributed by atoms with Gasteiger partial charge in [0, 0.05) is 12.1 Å². The minimum Gasteiger partial charge on any atom is -0.392 e. The van der Waals surface area contributed by atoms with Gasteiger partial charge in [0.25, 0.3) is 0 Å². The van der Waals surface area contributed by atoms with E-state index in [2.05, 4.69) is 10.2 Å². The van der Waals surface area contributed by atoms with Crippen molar-refractivity contribution in [1.29, 1.82) is 0 Å². The Morgan fingerprint density at radius 2 is 2.00 bits per heavy atom. The molecule has 2 N–H and O–H groups in total. The lowest BCUT2D eigenvalue weighted by Crippen LogP contribution is -2.48. The van der Waals surface area contributed by atoms with Crippen molar-refractivity contribution in [1.82, 2.24) is 10.2 Å². The van der Waals surface area contributed by atoms with Crippen LogP contribution in [0.2, 0.25) is 0 Å². The molecule has 0 saturated carbocycles. The zero-order chi connectivity index (χ0) is 9.97. The highest BCUT2D eigenvalue weighted by Crippen LogP contribution is 2.26. The maximum absolute atomic E-state index is 9.70. The maximum Gasteiger partial charge on any atom is 0.0667 e. The molecule has 0 radical (unpaired) electrons. The zero-order valence-electron chi connectivity index (χ0n) is 9.08. The van der Waals surface area contributed by atoms with Crippen LogP contribution in [-0.2, 0) is 0 Å². The Morgan fingerprint density at radius 1 is 1.29 bits per heavy atom. The van der Waals surface area contributed by atoms with Gasteiger partial charge in [-0.15, -0.1) is 0 Å². The number of nitrogens with zero attached hydrogens (tertiary/aromatic N) is 1. The fourth-order valence-corrected chi connectivity index (χ4v) is 2.92. The van der Waals surface area contributed by atoms with Gasteiger partial charge in [-0.3, -0.25) is 4.90 Å². The summed E-state index contributed by atoms with van der Waals surface area (Å²) in [4.78, 5) is 2.55. The number of likely N-dealkylation sites (tertiary alicyclic amines) is 1. The lowest BCUT2D eigenvalue weighted by Gasteiger charge is -2.36. The van der Waals surface area contributed by atoms with Crippen LogP contribution in [0.5, 0.6) is 0 Å². The third-order valence-corrected chi connectivity index (χ3v) is 3.68. The van der Waals surface area contributed by atoms with Crippen molar-refractivity contribution in [3.8, 4) is 0 Å². The first-order chi connectivity index (χ1) is 6.79. The quantitative estimate of drug-likeness (QED) is 0.681. The predicted octanol–water partition coefficient (Wildman–Crippen LogP) is 0.584. The molecule has 2 aliphatic rings. The minimum absolute atomic E-state index is 0.160. The van der Waals surface area contributed by atoms with Gasteiger partial charge in [-0.2, -0.15) is 0 Å². The maximum atomic E-state index is 9.70. The molecule has 3 heteroatoms. The molecule has 14 heavy (non-hydrogen) atoms. The van der Waals surface area contributed by atoms with Crippen LogP contribution in [0.15, 0.2) is 0 Å². The van der Waals surface area contributed by atoms with Crippen molar-refractivity contribution in [2.24, 2.45) is 0 Å². The van der Waals surface area contributed by atoms with E-state index in [-0.39, 0.29) is 6.10 Å². The second kappa shape index (κ2) is 4.60. The normalized spacial score (nSPS) is 33.4. The highest BCUT2D eigenvalue weighted by Gasteiger charge is 2.33. The Kier molecular flexibility index (Phi) is 3.42. The first-order valence-electron chi connectivity index (χ1n) is 5.93. The van der Waals surface area contributed by atoms with Gasteiger partial charge in [0.05, 0.1) is 6.10 Å². The summed E-state index contributed by atoms with van der Waals surface area (Å²) in [6, 6.07) is 1.15. The van der Waals surface area contributed by atoms with E-state index in [9.17, 15) is 5.11 Å². The van der Waals surface area contributed by atoms with Gasteiger partial charge >= 0.3 is 0 Å². The van der Waals surface area contributed by atoms with Crippen LogP contribution >= 0.6 is 0 Å². The van der Waals surface area contributed by atoms with Gasteiger partial charge in [0.2, 0.25) is 0 Å². The third-order valence-electron chi connectivity index (χ3n) is 3.68. The standard InChI is InChI=1S/C11H22N2O/c1-9(14)11-3-2-8-13(11)10-4-6-12-7-5-10/h9-12,14H,2-8H2,1H3/t9-,11-/m1/s1. The summed E-state index contributed by atoms with van der Waals surface area (Å²) < 4.78 is 0. The number of nitrogens with one attached hydrogen (secondary N) is 1. The average Bonchev–Trinajstić information content (AvgIpc) is 2.67. The largest absolute Gasteiger partial charge is 0.392 e. The number of hydrogen-bond donors (Lipinski definition) is 2. The van der Waals surface area contributed by atoms with Gasteiger partial charge in [0.15, 0.2) is 0 Å². The molecule has 2 heterocycles. The van der Waals surface area contributed by atoms with Gasteiger partial charge in [0.1, 0.15) is 0 Å². The molecular formula is C11H22N2O. The fraction of sp³-hybridized carbons (Fsp3) is 1.00. The summed E-state index contributed by atoms with van der Waals surface area (Å²) >= 11 is 0. The number of aliphatic hydroxyl groups excluding tert-OH is 1. The topological polar surface area (TPSA) is 35.5 Å². The van der Waals surface area contributed by atoms with Crippen molar-refractivity contribution in [2.75, 3.05) is 19.6 Å². The van der Waals surface area contributed by atoms with Crippen LogP contribution in [0.25, 0.3) is 0 Å². The molecule has 0 aromatic heterocycles. The van der Waals surface area contributed by atoms with Gasteiger partial charge in [-0.05, 0) is 52.2 Å². The van der Waals surface area contributed by atoms with E-state index in [1.165, 1.54) is 32.2 Å². The van der Waals surface area contributed by atoms with Crippen LogP contribution in [0.1, 0.15) is 32.6 Å². The number of rotatable bonds is 2. The Hall–Kier alpha value is -0.120. The van der Waals surface area contributed by atoms with E-state index in [4.69, 9.17) is 0 Å². The second-order valence-electron chi connectivity index (χ2n) is 4.67. The molecule has 2 aliphatic heterocycles. The SMILES string of the molecule is C[C@@H](O)[C@H]1CCCN1C1CCNCC1. The van der Waals surface area contributed by atoms with Crippen molar-refractivity contribution in [3.05, 3.63) is 0 Å². The smallest absolute Gasteiger partial charge is 0.0667 e. The average molecular weight is 198 g/mol. The monoisotopic (exact) mass is 198 g/mol. The van der Waals surface area contributed by atoms with Crippen molar-refractivity contribution in [3.63, 3.8) is 0 Å². The Balaban J connectivity index is 1.94. The Morgan fingerprint density at radius 3 is 2.64 bits per heavy atom. The van der Waals surface area contributed by atoms with Crippen molar-refractivity contribution in [2.45, 2.75) is 50.8 Å². The van der Waals surface area contributed by atoms with Crippen LogP contribution in [0.3, 0.4) is 0 Å². The van der Waals surface area contributed by atoms with E-state index in [1.54, 1.807) is 0 Å².